The maximum atomic E-state index is 12.7. The number of anilines is 2. The van der Waals surface area contributed by atoms with E-state index < -0.39 is 5.91 Å². The highest BCUT2D eigenvalue weighted by Gasteiger charge is 2.21. The first-order valence-corrected chi connectivity index (χ1v) is 8.54. The van der Waals surface area contributed by atoms with E-state index in [4.69, 9.17) is 0 Å². The zero-order valence-electron chi connectivity index (χ0n) is 14.9. The molecule has 0 saturated carbocycles. The van der Waals surface area contributed by atoms with Gasteiger partial charge in [-0.2, -0.15) is 0 Å². The van der Waals surface area contributed by atoms with Crippen molar-refractivity contribution in [3.63, 3.8) is 0 Å². The van der Waals surface area contributed by atoms with Crippen molar-refractivity contribution in [1.29, 1.82) is 0 Å². The highest BCUT2D eigenvalue weighted by molar-refractivity contribution is 6.08. The lowest BCUT2D eigenvalue weighted by atomic mass is 10.2. The maximum absolute atomic E-state index is 12.7. The highest BCUT2D eigenvalue weighted by Crippen LogP contribution is 2.21. The molecule has 1 heterocycles. The Hall–Kier alpha value is -3.61. The molecule has 7 heteroatoms. The summed E-state index contributed by atoms with van der Waals surface area (Å²) in [6.07, 6.45) is 1.61. The Labute approximate surface area is 157 Å². The van der Waals surface area contributed by atoms with Gasteiger partial charge in [0.1, 0.15) is 5.70 Å². The average Bonchev–Trinajstić information content (AvgIpc) is 3.08. The van der Waals surface area contributed by atoms with Crippen LogP contribution in [-0.2, 0) is 9.59 Å². The van der Waals surface area contributed by atoms with Crippen LogP contribution in [0.3, 0.4) is 0 Å². The number of carbonyl (C=O) groups is 3. The van der Waals surface area contributed by atoms with Gasteiger partial charge in [0.05, 0.1) is 0 Å². The summed E-state index contributed by atoms with van der Waals surface area (Å²) in [5.41, 5.74) is 2.15. The first-order valence-electron chi connectivity index (χ1n) is 8.54. The van der Waals surface area contributed by atoms with E-state index in [0.717, 1.165) is 5.56 Å². The highest BCUT2D eigenvalue weighted by atomic mass is 16.2. The van der Waals surface area contributed by atoms with Crippen LogP contribution in [0.2, 0.25) is 0 Å². The van der Waals surface area contributed by atoms with Crippen molar-refractivity contribution in [2.24, 2.45) is 0 Å². The first-order chi connectivity index (χ1) is 13.0. The predicted molar refractivity (Wildman–Crippen MR) is 104 cm³/mol. The molecule has 3 rings (SSSR count). The van der Waals surface area contributed by atoms with Gasteiger partial charge in [0, 0.05) is 31.4 Å². The Bertz CT molecular complexity index is 893. The third-order valence-electron chi connectivity index (χ3n) is 3.94. The van der Waals surface area contributed by atoms with Gasteiger partial charge in [0.15, 0.2) is 0 Å². The van der Waals surface area contributed by atoms with Gasteiger partial charge in [-0.15, -0.1) is 0 Å². The van der Waals surface area contributed by atoms with Crippen molar-refractivity contribution < 1.29 is 14.4 Å². The van der Waals surface area contributed by atoms with Crippen molar-refractivity contribution in [1.82, 2.24) is 10.6 Å². The molecule has 0 radical (unpaired) electrons. The zero-order chi connectivity index (χ0) is 19.2. The van der Waals surface area contributed by atoms with Crippen LogP contribution in [0.4, 0.5) is 16.2 Å². The molecular weight excluding hydrogens is 344 g/mol. The Morgan fingerprint density at radius 2 is 1.89 bits per heavy atom. The summed E-state index contributed by atoms with van der Waals surface area (Å²) in [5, 5.41) is 8.07. The van der Waals surface area contributed by atoms with Crippen molar-refractivity contribution in [3.8, 4) is 0 Å². The minimum absolute atomic E-state index is 0.137. The number of nitrogens with zero attached hydrogens (tertiary/aromatic N) is 1. The zero-order valence-corrected chi connectivity index (χ0v) is 14.9. The Morgan fingerprint density at radius 1 is 1.11 bits per heavy atom. The number of rotatable bonds is 5. The quantitative estimate of drug-likeness (QED) is 0.711. The first kappa shape index (κ1) is 18.2. The van der Waals surface area contributed by atoms with Gasteiger partial charge in [0.25, 0.3) is 5.91 Å². The summed E-state index contributed by atoms with van der Waals surface area (Å²) < 4.78 is 0. The monoisotopic (exact) mass is 364 g/mol. The summed E-state index contributed by atoms with van der Waals surface area (Å²) >= 11 is 0. The van der Waals surface area contributed by atoms with Gasteiger partial charge < -0.3 is 16.0 Å². The topological polar surface area (TPSA) is 90.5 Å². The van der Waals surface area contributed by atoms with Crippen molar-refractivity contribution in [2.75, 3.05) is 23.3 Å². The Morgan fingerprint density at radius 3 is 2.56 bits per heavy atom. The van der Waals surface area contributed by atoms with Crippen molar-refractivity contribution in [2.45, 2.75) is 6.92 Å². The molecule has 0 bridgehead atoms. The molecule has 2 aromatic carbocycles. The minimum atomic E-state index is -0.447. The number of carbonyl (C=O) groups excluding carboxylic acids is 3. The second-order valence-electron chi connectivity index (χ2n) is 6.04. The lowest BCUT2D eigenvalue weighted by molar-refractivity contribution is -0.120. The van der Waals surface area contributed by atoms with E-state index in [-0.39, 0.29) is 17.6 Å². The molecule has 1 saturated heterocycles. The van der Waals surface area contributed by atoms with Crippen LogP contribution < -0.4 is 20.9 Å². The fourth-order valence-electron chi connectivity index (χ4n) is 2.73. The number of hydrogen-bond acceptors (Lipinski definition) is 3. The van der Waals surface area contributed by atoms with Crippen LogP contribution in [0.15, 0.2) is 60.3 Å². The number of hydrogen-bond donors (Lipinski definition) is 3. The fraction of sp³-hybridized carbons (Fsp3) is 0.150. The smallest absolute Gasteiger partial charge is 0.321 e. The standard InChI is InChI=1S/C20H20N4O3/c1-14(25)22-18(12-15-6-3-2-4-7-15)19(26)23-16-8-5-9-17(13-16)24-11-10-21-20(24)27/h2-9,12-13H,10-11H2,1H3,(H,21,27)(H,22,25)(H,23,26)/b18-12-. The molecule has 0 aromatic heterocycles. The Balaban J connectivity index is 1.80. The minimum Gasteiger partial charge on any atom is -0.336 e. The van der Waals surface area contributed by atoms with E-state index in [1.807, 2.05) is 30.3 Å². The van der Waals surface area contributed by atoms with Gasteiger partial charge in [-0.25, -0.2) is 4.79 Å². The van der Waals surface area contributed by atoms with Crippen LogP contribution in [0, 0.1) is 0 Å². The van der Waals surface area contributed by atoms with E-state index in [0.29, 0.717) is 24.5 Å². The summed E-state index contributed by atoms with van der Waals surface area (Å²) in [7, 11) is 0. The number of nitrogens with one attached hydrogen (secondary N) is 3. The molecule has 1 fully saturated rings. The van der Waals surface area contributed by atoms with Crippen molar-refractivity contribution in [3.05, 3.63) is 65.9 Å². The molecule has 27 heavy (non-hydrogen) atoms. The molecule has 138 valence electrons. The van der Waals surface area contributed by atoms with Crippen molar-refractivity contribution >= 4 is 35.3 Å². The Kier molecular flexibility index (Phi) is 5.51. The van der Waals surface area contributed by atoms with Crippen LogP contribution in [0.1, 0.15) is 12.5 Å². The summed E-state index contributed by atoms with van der Waals surface area (Å²) in [6.45, 7) is 2.50. The molecule has 0 unspecified atom stereocenters. The second-order valence-corrected chi connectivity index (χ2v) is 6.04. The molecule has 2 aromatic rings. The van der Waals surface area contributed by atoms with Gasteiger partial charge in [0.2, 0.25) is 5.91 Å². The van der Waals surface area contributed by atoms with E-state index >= 15 is 0 Å². The predicted octanol–water partition coefficient (Wildman–Crippen LogP) is 2.33. The largest absolute Gasteiger partial charge is 0.336 e. The molecule has 0 spiro atoms. The summed E-state index contributed by atoms with van der Waals surface area (Å²) in [5.74, 6) is -0.785. The fourth-order valence-corrected chi connectivity index (χ4v) is 2.73. The SMILES string of the molecule is CC(=O)N/C(=C\c1ccccc1)C(=O)Nc1cccc(N2CCNC2=O)c1. The molecule has 0 atom stereocenters. The van der Waals surface area contributed by atoms with Gasteiger partial charge in [-0.1, -0.05) is 36.4 Å². The number of urea groups is 1. The van der Waals surface area contributed by atoms with Gasteiger partial charge in [-0.05, 0) is 29.8 Å². The third kappa shape index (κ3) is 4.72. The normalized spacial score (nSPS) is 13.9. The third-order valence-corrected chi connectivity index (χ3v) is 3.94. The van der Waals surface area contributed by atoms with Gasteiger partial charge in [-0.3, -0.25) is 14.5 Å². The van der Waals surface area contributed by atoms with E-state index in [1.54, 1.807) is 35.2 Å². The van der Waals surface area contributed by atoms with Crippen LogP contribution in [0.5, 0.6) is 0 Å². The molecule has 1 aliphatic heterocycles. The molecular formula is C20H20N4O3. The second kappa shape index (κ2) is 8.18. The lowest BCUT2D eigenvalue weighted by Gasteiger charge is -2.16. The molecule has 0 aliphatic carbocycles. The van der Waals surface area contributed by atoms with Gasteiger partial charge >= 0.3 is 6.03 Å². The summed E-state index contributed by atoms with van der Waals surface area (Å²) in [6, 6.07) is 16.1. The molecule has 4 amide bonds. The summed E-state index contributed by atoms with van der Waals surface area (Å²) in [4.78, 5) is 37.6. The van der Waals surface area contributed by atoms with Crippen LogP contribution >= 0.6 is 0 Å². The lowest BCUT2D eigenvalue weighted by Crippen LogP contribution is -2.29. The van der Waals surface area contributed by atoms with Crippen LogP contribution in [0.25, 0.3) is 6.08 Å². The number of amides is 4. The molecule has 3 N–H and O–H groups in total. The molecule has 1 aliphatic rings. The van der Waals surface area contributed by atoms with Crippen LogP contribution in [-0.4, -0.2) is 30.9 Å². The van der Waals surface area contributed by atoms with E-state index in [9.17, 15) is 14.4 Å². The number of benzene rings is 2. The molecule has 7 nitrogen and oxygen atoms in total. The van der Waals surface area contributed by atoms with E-state index in [1.165, 1.54) is 6.92 Å². The average molecular weight is 364 g/mol. The maximum Gasteiger partial charge on any atom is 0.321 e. The van der Waals surface area contributed by atoms with E-state index in [2.05, 4.69) is 16.0 Å².